The summed E-state index contributed by atoms with van der Waals surface area (Å²) in [5.74, 6) is -1.06. The van der Waals surface area contributed by atoms with Gasteiger partial charge in [-0.15, -0.1) is 0 Å². The summed E-state index contributed by atoms with van der Waals surface area (Å²) in [7, 11) is -2.62. The highest BCUT2D eigenvalue weighted by atomic mass is 32.2. The van der Waals surface area contributed by atoms with Crippen LogP contribution in [0.5, 0.6) is 5.75 Å². The van der Waals surface area contributed by atoms with Crippen LogP contribution < -0.4 is 14.4 Å². The second kappa shape index (κ2) is 9.38. The van der Waals surface area contributed by atoms with E-state index in [1.807, 2.05) is 0 Å². The van der Waals surface area contributed by atoms with Gasteiger partial charge in [0.1, 0.15) is 23.3 Å². The molecule has 2 aromatic rings. The number of benzene rings is 2. The zero-order valence-electron chi connectivity index (χ0n) is 18.9. The molecule has 1 aliphatic rings. The van der Waals surface area contributed by atoms with Gasteiger partial charge < -0.3 is 14.8 Å². The summed E-state index contributed by atoms with van der Waals surface area (Å²) in [6, 6.07) is 9.25. The second-order valence-electron chi connectivity index (χ2n) is 8.67. The topological polar surface area (TPSA) is 102 Å². The minimum Gasteiger partial charge on any atom is -0.486 e. The minimum absolute atomic E-state index is 0.0506. The fourth-order valence-electron chi connectivity index (χ4n) is 3.39. The molecule has 178 valence electrons. The number of esters is 1. The number of amides is 1. The van der Waals surface area contributed by atoms with Crippen molar-refractivity contribution >= 4 is 27.6 Å². The number of rotatable bonds is 6. The minimum atomic E-state index is -4.10. The molecule has 1 N–H and O–H groups in total. The summed E-state index contributed by atoms with van der Waals surface area (Å²) in [5, 5.41) is 2.50. The van der Waals surface area contributed by atoms with Crippen LogP contribution in [-0.4, -0.2) is 45.6 Å². The fourth-order valence-corrected chi connectivity index (χ4v) is 4.89. The van der Waals surface area contributed by atoms with E-state index in [-0.39, 0.29) is 41.6 Å². The van der Waals surface area contributed by atoms with Crippen molar-refractivity contribution in [2.24, 2.45) is 0 Å². The Kier molecular flexibility index (Phi) is 6.97. The quantitative estimate of drug-likeness (QED) is 0.641. The van der Waals surface area contributed by atoms with Crippen molar-refractivity contribution in [2.45, 2.75) is 50.2 Å². The number of carbonyl (C=O) groups is 2. The zero-order valence-corrected chi connectivity index (χ0v) is 19.7. The molecule has 1 heterocycles. The lowest BCUT2D eigenvalue weighted by molar-refractivity contribution is -0.153. The van der Waals surface area contributed by atoms with E-state index in [2.05, 4.69) is 5.32 Å². The van der Waals surface area contributed by atoms with Crippen LogP contribution >= 0.6 is 0 Å². The number of anilines is 1. The van der Waals surface area contributed by atoms with Crippen molar-refractivity contribution < 1.29 is 31.9 Å². The van der Waals surface area contributed by atoms with Gasteiger partial charge in [-0.3, -0.25) is 13.9 Å². The third kappa shape index (κ3) is 6.01. The Morgan fingerprint density at radius 3 is 2.45 bits per heavy atom. The van der Waals surface area contributed by atoms with Crippen molar-refractivity contribution in [3.63, 3.8) is 0 Å². The van der Waals surface area contributed by atoms with E-state index in [1.165, 1.54) is 19.2 Å². The smallest absolute Gasteiger partial charge is 0.310 e. The monoisotopic (exact) mass is 478 g/mol. The molecule has 0 radical (unpaired) electrons. The highest BCUT2D eigenvalue weighted by Gasteiger charge is 2.35. The zero-order chi connectivity index (χ0) is 24.4. The van der Waals surface area contributed by atoms with E-state index in [9.17, 15) is 22.4 Å². The largest absolute Gasteiger partial charge is 0.486 e. The van der Waals surface area contributed by atoms with Gasteiger partial charge in [0.2, 0.25) is 5.91 Å². The first kappa shape index (κ1) is 24.5. The first-order chi connectivity index (χ1) is 15.4. The molecule has 0 aromatic heterocycles. The lowest BCUT2D eigenvalue weighted by Crippen LogP contribution is -2.45. The molecule has 8 nitrogen and oxygen atoms in total. The normalized spacial score (nSPS) is 15.9. The Hall–Kier alpha value is -3.14. The van der Waals surface area contributed by atoms with Crippen LogP contribution in [0.3, 0.4) is 0 Å². The summed E-state index contributed by atoms with van der Waals surface area (Å²) < 4.78 is 52.6. The number of halogens is 1. The molecule has 1 atom stereocenters. The molecule has 2 aromatic carbocycles. The highest BCUT2D eigenvalue weighted by molar-refractivity contribution is 7.92. The molecule has 0 aliphatic carbocycles. The molecule has 0 bridgehead atoms. The molecule has 0 fully saturated rings. The predicted molar refractivity (Wildman–Crippen MR) is 120 cm³/mol. The van der Waals surface area contributed by atoms with Gasteiger partial charge in [0.15, 0.2) is 0 Å². The van der Waals surface area contributed by atoms with E-state index in [0.717, 1.165) is 16.4 Å². The van der Waals surface area contributed by atoms with Crippen LogP contribution in [0, 0.1) is 5.82 Å². The molecular weight excluding hydrogens is 451 g/mol. The number of hydrogen-bond donors (Lipinski definition) is 1. The molecule has 1 amide bonds. The van der Waals surface area contributed by atoms with Crippen LogP contribution in [-0.2, 0) is 30.8 Å². The van der Waals surface area contributed by atoms with Crippen molar-refractivity contribution in [1.82, 2.24) is 5.32 Å². The van der Waals surface area contributed by atoms with Crippen molar-refractivity contribution in [1.29, 1.82) is 0 Å². The number of carbonyl (C=O) groups excluding carboxylic acids is 2. The molecular formula is C23H27FN2O6S. The van der Waals surface area contributed by atoms with Crippen LogP contribution in [0.4, 0.5) is 10.1 Å². The molecule has 0 saturated heterocycles. The van der Waals surface area contributed by atoms with Crippen molar-refractivity contribution in [2.75, 3.05) is 17.9 Å². The first-order valence-electron chi connectivity index (χ1n) is 10.4. The van der Waals surface area contributed by atoms with Crippen LogP contribution in [0.1, 0.15) is 32.8 Å². The lowest BCUT2D eigenvalue weighted by Gasteiger charge is -2.35. The standard InChI is InChI=1S/C23H27FN2O6S/c1-23(2,3)32-22(28)12-15-5-10-20-19(11-15)26(14-17(31-20)13-21(27)25-4)33(29,30)18-8-6-16(24)7-9-18/h5-11,17H,12-14H2,1-4H3,(H,25,27)/t17-/m0/s1. The third-order valence-corrected chi connectivity index (χ3v) is 6.61. The number of hydrogen-bond acceptors (Lipinski definition) is 6. The van der Waals surface area contributed by atoms with E-state index >= 15 is 0 Å². The van der Waals surface area contributed by atoms with E-state index < -0.39 is 33.5 Å². The summed E-state index contributed by atoms with van der Waals surface area (Å²) in [5.41, 5.74) is 0.114. The molecule has 0 saturated carbocycles. The van der Waals surface area contributed by atoms with E-state index in [1.54, 1.807) is 39.0 Å². The van der Waals surface area contributed by atoms with Crippen LogP contribution in [0.15, 0.2) is 47.4 Å². The molecule has 1 aliphatic heterocycles. The Morgan fingerprint density at radius 1 is 1.18 bits per heavy atom. The van der Waals surface area contributed by atoms with Crippen LogP contribution in [0.2, 0.25) is 0 Å². The van der Waals surface area contributed by atoms with Crippen molar-refractivity contribution in [3.8, 4) is 5.75 Å². The number of nitrogens with zero attached hydrogens (tertiary/aromatic N) is 1. The first-order valence-corrected chi connectivity index (χ1v) is 11.8. The maximum Gasteiger partial charge on any atom is 0.310 e. The maximum atomic E-state index is 13.4. The second-order valence-corrected chi connectivity index (χ2v) is 10.5. The SMILES string of the molecule is CNC(=O)C[C@H]1CN(S(=O)(=O)c2ccc(F)cc2)c2cc(CC(=O)OC(C)(C)C)ccc2O1. The van der Waals surface area contributed by atoms with Crippen LogP contribution in [0.25, 0.3) is 0 Å². The number of sulfonamides is 1. The van der Waals surface area contributed by atoms with Gasteiger partial charge >= 0.3 is 5.97 Å². The van der Waals surface area contributed by atoms with Gasteiger partial charge in [0.05, 0.1) is 30.0 Å². The summed E-state index contributed by atoms with van der Waals surface area (Å²) >= 11 is 0. The number of nitrogens with one attached hydrogen (secondary N) is 1. The average Bonchev–Trinajstić information content (AvgIpc) is 2.72. The van der Waals surface area contributed by atoms with Gasteiger partial charge in [-0.25, -0.2) is 12.8 Å². The maximum absolute atomic E-state index is 13.4. The van der Waals surface area contributed by atoms with E-state index in [4.69, 9.17) is 9.47 Å². The van der Waals surface area contributed by atoms with Crippen molar-refractivity contribution in [3.05, 3.63) is 53.8 Å². The number of fused-ring (bicyclic) bond motifs is 1. The lowest BCUT2D eigenvalue weighted by atomic mass is 10.1. The fraction of sp³-hybridized carbons (Fsp3) is 0.391. The molecule has 10 heteroatoms. The Morgan fingerprint density at radius 2 is 1.85 bits per heavy atom. The summed E-state index contributed by atoms with van der Waals surface area (Å²) in [6.45, 7) is 5.15. The van der Waals surface area contributed by atoms with Gasteiger partial charge in [0, 0.05) is 7.05 Å². The summed E-state index contributed by atoms with van der Waals surface area (Å²) in [4.78, 5) is 24.1. The average molecular weight is 479 g/mol. The van der Waals surface area contributed by atoms with Gasteiger partial charge in [-0.05, 0) is 62.7 Å². The third-order valence-electron chi connectivity index (χ3n) is 4.82. The number of ether oxygens (including phenoxy) is 2. The predicted octanol–water partition coefficient (Wildman–Crippen LogP) is 2.80. The van der Waals surface area contributed by atoms with Gasteiger partial charge in [-0.1, -0.05) is 6.07 Å². The van der Waals surface area contributed by atoms with E-state index in [0.29, 0.717) is 5.56 Å². The summed E-state index contributed by atoms with van der Waals surface area (Å²) in [6.07, 6.45) is -0.841. The molecule has 33 heavy (non-hydrogen) atoms. The molecule has 3 rings (SSSR count). The Bertz CT molecular complexity index is 1140. The Balaban J connectivity index is 1.99. The Labute approximate surface area is 192 Å². The van der Waals surface area contributed by atoms with Gasteiger partial charge in [-0.2, -0.15) is 0 Å². The molecule has 0 spiro atoms. The highest BCUT2D eigenvalue weighted by Crippen LogP contribution is 2.38. The molecule has 0 unspecified atom stereocenters. The van der Waals surface area contributed by atoms with Gasteiger partial charge in [0.25, 0.3) is 10.0 Å².